The zero-order chi connectivity index (χ0) is 18.6. The van der Waals surface area contributed by atoms with E-state index in [2.05, 4.69) is 25.4 Å². The molecule has 0 aliphatic rings. The van der Waals surface area contributed by atoms with Gasteiger partial charge in [-0.15, -0.1) is 11.3 Å². The molecule has 4 rings (SSSR count). The van der Waals surface area contributed by atoms with Gasteiger partial charge in [0.25, 0.3) is 17.4 Å². The Morgan fingerprint density at radius 2 is 2.04 bits per heavy atom. The minimum Gasteiger partial charge on any atom is -0.344 e. The monoisotopic (exact) mass is 379 g/mol. The normalized spacial score (nSPS) is 10.7. The van der Waals surface area contributed by atoms with Crippen molar-refractivity contribution < 1.29 is 9.32 Å². The third kappa shape index (κ3) is 3.67. The Morgan fingerprint density at radius 1 is 1.19 bits per heavy atom. The maximum Gasteiger partial charge on any atom is 0.264 e. The summed E-state index contributed by atoms with van der Waals surface area (Å²) in [5, 5.41) is 8.30. The molecule has 0 fully saturated rings. The number of aromatic nitrogens is 4. The van der Waals surface area contributed by atoms with Crippen molar-refractivity contribution in [3.8, 4) is 22.2 Å². The summed E-state index contributed by atoms with van der Waals surface area (Å²) in [7, 11) is 0. The zero-order valence-corrected chi connectivity index (χ0v) is 14.7. The van der Waals surface area contributed by atoms with Crippen molar-refractivity contribution in [2.45, 2.75) is 6.54 Å². The highest BCUT2D eigenvalue weighted by Crippen LogP contribution is 2.19. The van der Waals surface area contributed by atoms with E-state index in [-0.39, 0.29) is 12.1 Å². The Balaban J connectivity index is 1.44. The standard InChI is InChI=1S/C18H13N5O3S/c24-16(12-9-19-15(22-17(12)25)13-7-4-8-27-13)20-10-14-21-18(26-23-14)11-5-2-1-3-6-11/h1-9H,10H2,(H,20,24)(H,19,22,25). The number of rotatable bonds is 5. The van der Waals surface area contributed by atoms with E-state index in [1.165, 1.54) is 17.5 Å². The molecule has 0 aliphatic heterocycles. The Labute approximate surface area is 156 Å². The first kappa shape index (κ1) is 16.9. The predicted molar refractivity (Wildman–Crippen MR) is 99.1 cm³/mol. The molecule has 0 bridgehead atoms. The number of hydrogen-bond donors (Lipinski definition) is 2. The van der Waals surface area contributed by atoms with E-state index in [1.54, 1.807) is 0 Å². The lowest BCUT2D eigenvalue weighted by Crippen LogP contribution is -2.30. The number of nitrogens with zero attached hydrogens (tertiary/aromatic N) is 3. The molecule has 3 heterocycles. The molecule has 8 nitrogen and oxygen atoms in total. The Hall–Kier alpha value is -3.59. The first-order chi connectivity index (χ1) is 13.2. The largest absolute Gasteiger partial charge is 0.344 e. The van der Waals surface area contributed by atoms with Gasteiger partial charge < -0.3 is 14.8 Å². The molecule has 134 valence electrons. The quantitative estimate of drug-likeness (QED) is 0.551. The highest BCUT2D eigenvalue weighted by atomic mass is 32.1. The molecule has 0 radical (unpaired) electrons. The Kier molecular flexibility index (Phi) is 4.58. The van der Waals surface area contributed by atoms with Crippen molar-refractivity contribution in [3.05, 3.63) is 75.8 Å². The van der Waals surface area contributed by atoms with Crippen LogP contribution in [-0.4, -0.2) is 26.0 Å². The molecule has 2 N–H and O–H groups in total. The number of H-pyrrole nitrogens is 1. The molecule has 0 saturated heterocycles. The van der Waals surface area contributed by atoms with Crippen LogP contribution >= 0.6 is 11.3 Å². The van der Waals surface area contributed by atoms with Gasteiger partial charge in [-0.25, -0.2) is 4.98 Å². The van der Waals surface area contributed by atoms with E-state index in [4.69, 9.17) is 4.52 Å². The van der Waals surface area contributed by atoms with Crippen molar-refractivity contribution >= 4 is 17.2 Å². The van der Waals surface area contributed by atoms with E-state index in [1.807, 2.05) is 47.8 Å². The summed E-state index contributed by atoms with van der Waals surface area (Å²) in [6.07, 6.45) is 1.26. The predicted octanol–water partition coefficient (Wildman–Crippen LogP) is 2.48. The average molecular weight is 379 g/mol. The number of nitrogens with one attached hydrogen (secondary N) is 2. The molecule has 0 saturated carbocycles. The van der Waals surface area contributed by atoms with Crippen LogP contribution in [0, 0.1) is 0 Å². The van der Waals surface area contributed by atoms with Crippen molar-refractivity contribution in [3.63, 3.8) is 0 Å². The fourth-order valence-corrected chi connectivity index (χ4v) is 3.05. The summed E-state index contributed by atoms with van der Waals surface area (Å²) in [4.78, 5) is 36.2. The molecule has 3 aromatic heterocycles. The number of hydrogen-bond acceptors (Lipinski definition) is 7. The molecular formula is C18H13N5O3S. The molecule has 9 heteroatoms. The minimum absolute atomic E-state index is 0.0291. The van der Waals surface area contributed by atoms with Crippen LogP contribution in [0.25, 0.3) is 22.2 Å². The van der Waals surface area contributed by atoms with Crippen LogP contribution in [0.2, 0.25) is 0 Å². The Bertz CT molecular complexity index is 1120. The highest BCUT2D eigenvalue weighted by Gasteiger charge is 2.14. The fourth-order valence-electron chi connectivity index (χ4n) is 2.37. The first-order valence-corrected chi connectivity index (χ1v) is 8.88. The molecule has 1 aromatic carbocycles. The lowest BCUT2D eigenvalue weighted by molar-refractivity contribution is 0.0947. The first-order valence-electron chi connectivity index (χ1n) is 8.00. The summed E-state index contributed by atoms with van der Waals surface area (Å²) in [6, 6.07) is 13.0. The van der Waals surface area contributed by atoms with Gasteiger partial charge in [0, 0.05) is 11.8 Å². The van der Waals surface area contributed by atoms with E-state index in [0.717, 1.165) is 10.4 Å². The van der Waals surface area contributed by atoms with E-state index >= 15 is 0 Å². The van der Waals surface area contributed by atoms with Crippen LogP contribution in [0.3, 0.4) is 0 Å². The highest BCUT2D eigenvalue weighted by molar-refractivity contribution is 7.13. The Morgan fingerprint density at radius 3 is 2.78 bits per heavy atom. The number of carbonyl (C=O) groups excluding carboxylic acids is 1. The van der Waals surface area contributed by atoms with E-state index < -0.39 is 11.5 Å². The lowest BCUT2D eigenvalue weighted by Gasteiger charge is -2.02. The number of carbonyl (C=O) groups is 1. The van der Waals surface area contributed by atoms with Crippen LogP contribution in [0.1, 0.15) is 16.2 Å². The van der Waals surface area contributed by atoms with Crippen molar-refractivity contribution in [2.24, 2.45) is 0 Å². The van der Waals surface area contributed by atoms with Crippen molar-refractivity contribution in [2.75, 3.05) is 0 Å². The maximum absolute atomic E-state index is 12.3. The van der Waals surface area contributed by atoms with Gasteiger partial charge in [-0.05, 0) is 23.6 Å². The van der Waals surface area contributed by atoms with Crippen LogP contribution in [-0.2, 0) is 6.54 Å². The van der Waals surface area contributed by atoms with Crippen LogP contribution < -0.4 is 10.9 Å². The topological polar surface area (TPSA) is 114 Å². The smallest absolute Gasteiger partial charge is 0.264 e. The van der Waals surface area contributed by atoms with Gasteiger partial charge in [-0.1, -0.05) is 29.4 Å². The zero-order valence-electron chi connectivity index (χ0n) is 13.9. The van der Waals surface area contributed by atoms with Gasteiger partial charge in [0.15, 0.2) is 5.82 Å². The minimum atomic E-state index is -0.562. The third-order valence-corrected chi connectivity index (χ3v) is 4.57. The number of thiophene rings is 1. The third-order valence-electron chi connectivity index (χ3n) is 3.69. The molecule has 27 heavy (non-hydrogen) atoms. The van der Waals surface area contributed by atoms with Crippen LogP contribution in [0.4, 0.5) is 0 Å². The van der Waals surface area contributed by atoms with Gasteiger partial charge >= 0.3 is 0 Å². The molecule has 1 amide bonds. The molecule has 0 aliphatic carbocycles. The lowest BCUT2D eigenvalue weighted by atomic mass is 10.2. The van der Waals surface area contributed by atoms with Gasteiger partial charge in [0.2, 0.25) is 0 Å². The van der Waals surface area contributed by atoms with Crippen LogP contribution in [0.15, 0.2) is 63.4 Å². The second-order valence-electron chi connectivity index (χ2n) is 5.52. The number of benzene rings is 1. The summed E-state index contributed by atoms with van der Waals surface area (Å²) in [5.74, 6) is 0.534. The van der Waals surface area contributed by atoms with Crippen molar-refractivity contribution in [1.82, 2.24) is 25.4 Å². The maximum atomic E-state index is 12.3. The SMILES string of the molecule is O=C(NCc1noc(-c2ccccc2)n1)c1cnc(-c2cccs2)[nH]c1=O. The van der Waals surface area contributed by atoms with E-state index in [9.17, 15) is 9.59 Å². The molecule has 0 unspecified atom stereocenters. The van der Waals surface area contributed by atoms with Crippen LogP contribution in [0.5, 0.6) is 0 Å². The summed E-state index contributed by atoms with van der Waals surface area (Å²) >= 11 is 1.45. The average Bonchev–Trinajstić information content (AvgIpc) is 3.39. The van der Waals surface area contributed by atoms with Gasteiger partial charge in [0.1, 0.15) is 11.4 Å². The molecule has 4 aromatic rings. The van der Waals surface area contributed by atoms with E-state index in [0.29, 0.717) is 17.5 Å². The molecule has 0 spiro atoms. The van der Waals surface area contributed by atoms with Gasteiger partial charge in [-0.2, -0.15) is 4.98 Å². The summed E-state index contributed by atoms with van der Waals surface area (Å²) in [6.45, 7) is 0.0291. The fraction of sp³-hybridized carbons (Fsp3) is 0.0556. The number of aromatic amines is 1. The van der Waals surface area contributed by atoms with Crippen molar-refractivity contribution in [1.29, 1.82) is 0 Å². The molecular weight excluding hydrogens is 366 g/mol. The molecule has 0 atom stereocenters. The second-order valence-corrected chi connectivity index (χ2v) is 6.46. The summed E-state index contributed by atoms with van der Waals surface area (Å²) < 4.78 is 5.18. The second kappa shape index (κ2) is 7.34. The van der Waals surface area contributed by atoms with Gasteiger partial charge in [0.05, 0.1) is 11.4 Å². The summed E-state index contributed by atoms with van der Waals surface area (Å²) in [5.41, 5.74) is 0.193. The van der Waals surface area contributed by atoms with Gasteiger partial charge in [-0.3, -0.25) is 9.59 Å². The number of amides is 1.